The molecule has 2 heterocycles. The highest BCUT2D eigenvalue weighted by Crippen LogP contribution is 2.35. The Morgan fingerprint density at radius 3 is 2.37 bits per heavy atom. The number of carbonyl (C=O) groups excluding carboxylic acids is 1. The van der Waals surface area contributed by atoms with E-state index in [1.807, 2.05) is 0 Å². The van der Waals surface area contributed by atoms with Crippen LogP contribution in [0.5, 0.6) is 23.0 Å². The average Bonchev–Trinajstić information content (AvgIpc) is 2.80. The van der Waals surface area contributed by atoms with Gasteiger partial charge in [0.2, 0.25) is 6.29 Å². The molecule has 186 valence electrons. The molecule has 0 aliphatic carbocycles. The number of carbonyl (C=O) groups is 1. The third-order valence-electron chi connectivity index (χ3n) is 5.38. The molecule has 0 saturated carbocycles. The van der Waals surface area contributed by atoms with Gasteiger partial charge >= 0.3 is 5.97 Å². The van der Waals surface area contributed by atoms with Gasteiger partial charge in [-0.05, 0) is 25.1 Å². The van der Waals surface area contributed by atoms with Gasteiger partial charge in [0.05, 0.1) is 6.61 Å². The number of benzene rings is 2. The first-order valence-electron chi connectivity index (χ1n) is 10.5. The standard InChI is InChI=1S/C23H22O12/c1-2-32-22(31)21-19(29)18(28)20(30)23(35-21)33-10-6-13(26)17-14(27)8-15(34-16(17)7-10)9-3-4-11(24)12(25)5-9/h3-8,18-21,23-26,28-30H,2H2,1H3/t18-,19-,20+,21-,23+/m0/s1. The Balaban J connectivity index is 1.69. The van der Waals surface area contributed by atoms with E-state index in [2.05, 4.69) is 0 Å². The van der Waals surface area contributed by atoms with Crippen LogP contribution in [0.25, 0.3) is 22.3 Å². The number of aliphatic hydroxyl groups is 3. The maximum atomic E-state index is 12.6. The fourth-order valence-corrected chi connectivity index (χ4v) is 3.63. The van der Waals surface area contributed by atoms with E-state index >= 15 is 0 Å². The number of ether oxygens (including phenoxy) is 3. The molecule has 3 aromatic rings. The molecular weight excluding hydrogens is 468 g/mol. The number of esters is 1. The van der Waals surface area contributed by atoms with E-state index in [1.165, 1.54) is 31.2 Å². The lowest BCUT2D eigenvalue weighted by Crippen LogP contribution is -2.61. The van der Waals surface area contributed by atoms with Crippen molar-refractivity contribution in [2.24, 2.45) is 0 Å². The second-order valence-corrected chi connectivity index (χ2v) is 7.76. The Hall–Kier alpha value is -3.84. The number of rotatable bonds is 5. The maximum Gasteiger partial charge on any atom is 0.338 e. The Kier molecular flexibility index (Phi) is 6.54. The van der Waals surface area contributed by atoms with Crippen LogP contribution in [0.1, 0.15) is 6.92 Å². The summed E-state index contributed by atoms with van der Waals surface area (Å²) in [7, 11) is 0. The van der Waals surface area contributed by atoms with E-state index in [1.54, 1.807) is 0 Å². The van der Waals surface area contributed by atoms with Crippen molar-refractivity contribution < 1.29 is 54.1 Å². The third kappa shape index (κ3) is 4.59. The van der Waals surface area contributed by atoms with Gasteiger partial charge in [0.1, 0.15) is 46.5 Å². The molecular formula is C23H22O12. The molecule has 1 fully saturated rings. The molecule has 5 atom stereocenters. The van der Waals surface area contributed by atoms with Gasteiger partial charge < -0.3 is 49.3 Å². The fourth-order valence-electron chi connectivity index (χ4n) is 3.63. The quantitative estimate of drug-likeness (QED) is 0.212. The molecule has 12 heteroatoms. The minimum Gasteiger partial charge on any atom is -0.507 e. The molecule has 0 unspecified atom stereocenters. The Labute approximate surface area is 196 Å². The predicted octanol–water partition coefficient (Wildman–Crippen LogP) is 0.326. The first-order valence-corrected chi connectivity index (χ1v) is 10.5. The Bertz CT molecular complexity index is 1320. The molecule has 1 aliphatic rings. The molecule has 6 N–H and O–H groups in total. The van der Waals surface area contributed by atoms with E-state index in [0.717, 1.165) is 12.1 Å². The van der Waals surface area contributed by atoms with Gasteiger partial charge in [-0.1, -0.05) is 0 Å². The average molecular weight is 490 g/mol. The van der Waals surface area contributed by atoms with Gasteiger partial charge in [-0.15, -0.1) is 0 Å². The minimum absolute atomic E-state index is 0.00391. The molecule has 4 rings (SSSR count). The lowest BCUT2D eigenvalue weighted by molar-refractivity contribution is -0.272. The Morgan fingerprint density at radius 2 is 1.69 bits per heavy atom. The number of phenols is 3. The van der Waals surface area contributed by atoms with Crippen molar-refractivity contribution in [3.63, 3.8) is 0 Å². The van der Waals surface area contributed by atoms with Gasteiger partial charge in [0.25, 0.3) is 0 Å². The second kappa shape index (κ2) is 9.43. The van der Waals surface area contributed by atoms with Crippen molar-refractivity contribution in [1.29, 1.82) is 0 Å². The number of fused-ring (bicyclic) bond motifs is 1. The van der Waals surface area contributed by atoms with Crippen LogP contribution in [0, 0.1) is 0 Å². The summed E-state index contributed by atoms with van der Waals surface area (Å²) in [5, 5.41) is 59.9. The molecule has 12 nitrogen and oxygen atoms in total. The fraction of sp³-hybridized carbons (Fsp3) is 0.304. The highest BCUT2D eigenvalue weighted by Gasteiger charge is 2.48. The number of aliphatic hydroxyl groups excluding tert-OH is 3. The van der Waals surface area contributed by atoms with Crippen molar-refractivity contribution in [3.05, 3.63) is 46.6 Å². The van der Waals surface area contributed by atoms with Crippen LogP contribution in [0.3, 0.4) is 0 Å². The predicted molar refractivity (Wildman–Crippen MR) is 117 cm³/mol. The largest absolute Gasteiger partial charge is 0.507 e. The molecule has 1 aromatic heterocycles. The first-order chi connectivity index (χ1) is 16.6. The van der Waals surface area contributed by atoms with E-state index in [9.17, 15) is 40.2 Å². The lowest BCUT2D eigenvalue weighted by Gasteiger charge is -2.38. The molecule has 0 amide bonds. The van der Waals surface area contributed by atoms with Crippen molar-refractivity contribution >= 4 is 16.9 Å². The highest BCUT2D eigenvalue weighted by atomic mass is 16.7. The summed E-state index contributed by atoms with van der Waals surface area (Å²) < 4.78 is 21.3. The van der Waals surface area contributed by atoms with Crippen molar-refractivity contribution in [1.82, 2.24) is 0 Å². The van der Waals surface area contributed by atoms with Crippen LogP contribution in [-0.2, 0) is 14.3 Å². The van der Waals surface area contributed by atoms with E-state index < -0.39 is 53.6 Å². The summed E-state index contributed by atoms with van der Waals surface area (Å²) in [6, 6.07) is 7.10. The topological polar surface area (TPSA) is 196 Å². The molecule has 1 aliphatic heterocycles. The van der Waals surface area contributed by atoms with Gasteiger partial charge in [0.15, 0.2) is 23.0 Å². The van der Waals surface area contributed by atoms with Crippen LogP contribution in [0.15, 0.2) is 45.6 Å². The number of aromatic hydroxyl groups is 3. The number of phenolic OH excluding ortho intramolecular Hbond substituents is 3. The summed E-state index contributed by atoms with van der Waals surface area (Å²) in [5.41, 5.74) is -0.499. The normalized spacial score (nSPS) is 24.3. The summed E-state index contributed by atoms with van der Waals surface area (Å²) >= 11 is 0. The van der Waals surface area contributed by atoms with Crippen LogP contribution >= 0.6 is 0 Å². The molecule has 0 radical (unpaired) electrons. The smallest absolute Gasteiger partial charge is 0.338 e. The summed E-state index contributed by atoms with van der Waals surface area (Å²) in [4.78, 5) is 24.7. The second-order valence-electron chi connectivity index (χ2n) is 7.76. The molecule has 1 saturated heterocycles. The van der Waals surface area contributed by atoms with Crippen LogP contribution in [-0.4, -0.2) is 73.9 Å². The van der Waals surface area contributed by atoms with E-state index in [-0.39, 0.29) is 40.4 Å². The molecule has 0 spiro atoms. The number of hydrogen-bond acceptors (Lipinski definition) is 12. The van der Waals surface area contributed by atoms with Gasteiger partial charge in [-0.2, -0.15) is 0 Å². The van der Waals surface area contributed by atoms with Crippen molar-refractivity contribution in [2.75, 3.05) is 6.61 Å². The summed E-state index contributed by atoms with van der Waals surface area (Å²) in [6.45, 7) is 1.51. The van der Waals surface area contributed by atoms with E-state index in [4.69, 9.17) is 18.6 Å². The van der Waals surface area contributed by atoms with Crippen LogP contribution < -0.4 is 10.2 Å². The number of hydrogen-bond donors (Lipinski definition) is 6. The monoisotopic (exact) mass is 490 g/mol. The highest BCUT2D eigenvalue weighted by molar-refractivity contribution is 5.86. The molecule has 2 aromatic carbocycles. The van der Waals surface area contributed by atoms with Gasteiger partial charge in [0, 0.05) is 23.8 Å². The summed E-state index contributed by atoms with van der Waals surface area (Å²) in [6.07, 6.45) is -8.70. The zero-order chi connectivity index (χ0) is 25.4. The van der Waals surface area contributed by atoms with E-state index in [0.29, 0.717) is 0 Å². The Morgan fingerprint density at radius 1 is 0.943 bits per heavy atom. The van der Waals surface area contributed by atoms with Gasteiger partial charge in [-0.3, -0.25) is 4.79 Å². The minimum atomic E-state index is -1.82. The molecule has 0 bridgehead atoms. The zero-order valence-electron chi connectivity index (χ0n) is 18.2. The zero-order valence-corrected chi connectivity index (χ0v) is 18.2. The first kappa shape index (κ1) is 24.3. The van der Waals surface area contributed by atoms with Crippen molar-refractivity contribution in [3.8, 4) is 34.3 Å². The van der Waals surface area contributed by atoms with Gasteiger partial charge in [-0.25, -0.2) is 4.79 Å². The lowest BCUT2D eigenvalue weighted by atomic mass is 9.99. The molecule has 35 heavy (non-hydrogen) atoms. The third-order valence-corrected chi connectivity index (χ3v) is 5.38. The SMILES string of the molecule is CCOC(=O)[C@H]1O[C@@H](Oc2cc(O)c3c(=O)cc(-c4ccc(O)c(O)c4)oc3c2)[C@H](O)[C@@H](O)[C@@H]1O. The van der Waals surface area contributed by atoms with Crippen LogP contribution in [0.4, 0.5) is 0 Å². The summed E-state index contributed by atoms with van der Waals surface area (Å²) in [5.74, 6) is -2.48. The van der Waals surface area contributed by atoms with Crippen molar-refractivity contribution in [2.45, 2.75) is 37.6 Å². The van der Waals surface area contributed by atoms with Crippen LogP contribution in [0.2, 0.25) is 0 Å². The maximum absolute atomic E-state index is 12.6.